The highest BCUT2D eigenvalue weighted by Gasteiger charge is 2.30. The first kappa shape index (κ1) is 14.8. The summed E-state index contributed by atoms with van der Waals surface area (Å²) < 4.78 is 5.78. The van der Waals surface area contributed by atoms with Crippen LogP contribution in [0.5, 0.6) is 0 Å². The van der Waals surface area contributed by atoms with Crippen molar-refractivity contribution in [3.05, 3.63) is 0 Å². The van der Waals surface area contributed by atoms with Gasteiger partial charge in [0.1, 0.15) is 6.61 Å². The van der Waals surface area contributed by atoms with E-state index in [9.17, 15) is 4.79 Å². The third kappa shape index (κ3) is 4.77. The van der Waals surface area contributed by atoms with E-state index >= 15 is 0 Å². The second-order valence-electron chi connectivity index (χ2n) is 5.97. The van der Waals surface area contributed by atoms with Crippen LogP contribution in [0, 0.1) is 0 Å². The first-order valence-corrected chi connectivity index (χ1v) is 7.81. The number of carbonyl (C=O) groups excluding carboxylic acids is 1. The smallest absolute Gasteiger partial charge is 0.248 e. The van der Waals surface area contributed by atoms with E-state index in [0.29, 0.717) is 12.1 Å². The number of amides is 1. The molecule has 0 radical (unpaired) electrons. The quantitative estimate of drug-likeness (QED) is 0.767. The van der Waals surface area contributed by atoms with Crippen LogP contribution in [0.2, 0.25) is 0 Å². The van der Waals surface area contributed by atoms with E-state index in [-0.39, 0.29) is 18.6 Å². The minimum atomic E-state index is 0.147. The molecule has 2 fully saturated rings. The molecule has 2 rings (SSSR count). The molecule has 19 heavy (non-hydrogen) atoms. The lowest BCUT2D eigenvalue weighted by Gasteiger charge is -2.29. The number of ether oxygens (including phenoxy) is 1. The van der Waals surface area contributed by atoms with Crippen LogP contribution in [0.15, 0.2) is 0 Å². The van der Waals surface area contributed by atoms with Gasteiger partial charge in [-0.1, -0.05) is 6.92 Å². The van der Waals surface area contributed by atoms with E-state index in [4.69, 9.17) is 4.74 Å². The average Bonchev–Trinajstić information content (AvgIpc) is 3.27. The molecule has 1 amide bonds. The van der Waals surface area contributed by atoms with E-state index in [2.05, 4.69) is 12.2 Å². The molecule has 0 saturated heterocycles. The summed E-state index contributed by atoms with van der Waals surface area (Å²) in [7, 11) is 1.90. The summed E-state index contributed by atoms with van der Waals surface area (Å²) >= 11 is 0. The molecule has 0 atom stereocenters. The molecule has 0 aliphatic heterocycles. The van der Waals surface area contributed by atoms with E-state index in [1.54, 1.807) is 0 Å². The van der Waals surface area contributed by atoms with Crippen LogP contribution >= 0.6 is 0 Å². The predicted octanol–water partition coefficient (Wildman–Crippen LogP) is 1.93. The van der Waals surface area contributed by atoms with Crippen molar-refractivity contribution in [3.8, 4) is 0 Å². The molecule has 4 heteroatoms. The third-order valence-electron chi connectivity index (χ3n) is 4.29. The molecule has 0 bridgehead atoms. The van der Waals surface area contributed by atoms with E-state index in [0.717, 1.165) is 32.2 Å². The summed E-state index contributed by atoms with van der Waals surface area (Å²) in [5.41, 5.74) is 0. The molecule has 0 heterocycles. The molecule has 0 unspecified atom stereocenters. The van der Waals surface area contributed by atoms with Crippen LogP contribution in [0.4, 0.5) is 0 Å². The molecule has 0 spiro atoms. The molecule has 110 valence electrons. The number of hydrogen-bond acceptors (Lipinski definition) is 3. The zero-order chi connectivity index (χ0) is 13.7. The van der Waals surface area contributed by atoms with Crippen molar-refractivity contribution >= 4 is 5.91 Å². The molecule has 1 N–H and O–H groups in total. The number of hydrogen-bond donors (Lipinski definition) is 1. The summed E-state index contributed by atoms with van der Waals surface area (Å²) in [6.45, 7) is 3.58. The molecular formula is C15H28N2O2. The monoisotopic (exact) mass is 268 g/mol. The van der Waals surface area contributed by atoms with Crippen LogP contribution in [0.25, 0.3) is 0 Å². The van der Waals surface area contributed by atoms with Gasteiger partial charge in [0.15, 0.2) is 0 Å². The van der Waals surface area contributed by atoms with Crippen molar-refractivity contribution in [1.29, 1.82) is 0 Å². The van der Waals surface area contributed by atoms with E-state index in [1.165, 1.54) is 19.3 Å². The van der Waals surface area contributed by atoms with Gasteiger partial charge in [0.25, 0.3) is 0 Å². The predicted molar refractivity (Wildman–Crippen MR) is 76.1 cm³/mol. The van der Waals surface area contributed by atoms with E-state index < -0.39 is 0 Å². The lowest BCUT2D eigenvalue weighted by molar-refractivity contribution is -0.138. The highest BCUT2D eigenvalue weighted by Crippen LogP contribution is 2.26. The van der Waals surface area contributed by atoms with Gasteiger partial charge >= 0.3 is 0 Å². The third-order valence-corrected chi connectivity index (χ3v) is 4.29. The minimum Gasteiger partial charge on any atom is -0.368 e. The molecule has 2 aliphatic rings. The van der Waals surface area contributed by atoms with Crippen molar-refractivity contribution in [1.82, 2.24) is 10.2 Å². The Hall–Kier alpha value is -0.610. The van der Waals surface area contributed by atoms with Gasteiger partial charge in [0.05, 0.1) is 6.10 Å². The fraction of sp³-hybridized carbons (Fsp3) is 0.933. The maximum Gasteiger partial charge on any atom is 0.248 e. The summed E-state index contributed by atoms with van der Waals surface area (Å²) in [6.07, 6.45) is 8.33. The van der Waals surface area contributed by atoms with E-state index in [1.807, 2.05) is 11.9 Å². The van der Waals surface area contributed by atoms with Gasteiger partial charge in [-0.2, -0.15) is 0 Å². The van der Waals surface area contributed by atoms with Crippen molar-refractivity contribution in [2.24, 2.45) is 0 Å². The second kappa shape index (κ2) is 7.25. The van der Waals surface area contributed by atoms with Crippen molar-refractivity contribution in [2.75, 3.05) is 20.2 Å². The highest BCUT2D eigenvalue weighted by atomic mass is 16.5. The Morgan fingerprint density at radius 1 is 1.21 bits per heavy atom. The lowest BCUT2D eigenvalue weighted by atomic mass is 9.93. The number of rotatable bonds is 7. The standard InChI is InChI=1S/C15H28N2O2/c1-3-10-16-12-4-8-14(9-5-12)19-11-15(18)17(2)13-6-7-13/h12-14,16H,3-11H2,1-2H3. The molecular weight excluding hydrogens is 240 g/mol. The second-order valence-corrected chi connectivity index (χ2v) is 5.97. The summed E-state index contributed by atoms with van der Waals surface area (Å²) in [6, 6.07) is 1.15. The number of nitrogens with zero attached hydrogens (tertiary/aromatic N) is 1. The van der Waals surface area contributed by atoms with Crippen molar-refractivity contribution in [2.45, 2.75) is 70.1 Å². The Balaban J connectivity index is 1.58. The zero-order valence-electron chi connectivity index (χ0n) is 12.4. The van der Waals surface area contributed by atoms with Gasteiger partial charge in [-0.05, 0) is 51.5 Å². The van der Waals surface area contributed by atoms with Crippen LogP contribution in [-0.4, -0.2) is 49.2 Å². The highest BCUT2D eigenvalue weighted by molar-refractivity contribution is 5.77. The van der Waals surface area contributed by atoms with Gasteiger partial charge < -0.3 is 15.0 Å². The molecule has 4 nitrogen and oxygen atoms in total. The molecule has 0 aromatic carbocycles. The normalized spacial score (nSPS) is 27.3. The summed E-state index contributed by atoms with van der Waals surface area (Å²) in [5, 5.41) is 3.57. The van der Waals surface area contributed by atoms with Gasteiger partial charge in [0.2, 0.25) is 5.91 Å². The Bertz CT molecular complexity index is 284. The minimum absolute atomic E-state index is 0.147. The molecule has 2 saturated carbocycles. The number of carbonyl (C=O) groups is 1. The van der Waals surface area contributed by atoms with Gasteiger partial charge in [-0.25, -0.2) is 0 Å². The Morgan fingerprint density at radius 3 is 2.47 bits per heavy atom. The Kier molecular flexibility index (Phi) is 5.64. The number of likely N-dealkylation sites (N-methyl/N-ethyl adjacent to an activating group) is 1. The van der Waals surface area contributed by atoms with Crippen molar-refractivity contribution < 1.29 is 9.53 Å². The summed E-state index contributed by atoms with van der Waals surface area (Å²) in [4.78, 5) is 13.7. The van der Waals surface area contributed by atoms with Gasteiger partial charge in [-0.15, -0.1) is 0 Å². The summed E-state index contributed by atoms with van der Waals surface area (Å²) in [5.74, 6) is 0.147. The van der Waals surface area contributed by atoms with Crippen LogP contribution in [0.1, 0.15) is 51.9 Å². The topological polar surface area (TPSA) is 41.6 Å². The van der Waals surface area contributed by atoms with Crippen molar-refractivity contribution in [3.63, 3.8) is 0 Å². The van der Waals surface area contributed by atoms with Gasteiger partial charge in [-0.3, -0.25) is 4.79 Å². The van der Waals surface area contributed by atoms with Crippen LogP contribution < -0.4 is 5.32 Å². The van der Waals surface area contributed by atoms with Crippen LogP contribution in [0.3, 0.4) is 0 Å². The maximum atomic E-state index is 11.9. The lowest BCUT2D eigenvalue weighted by Crippen LogP contribution is -2.38. The molecule has 0 aromatic rings. The van der Waals surface area contributed by atoms with Gasteiger partial charge in [0, 0.05) is 19.1 Å². The fourth-order valence-corrected chi connectivity index (χ4v) is 2.74. The first-order chi connectivity index (χ1) is 9.20. The largest absolute Gasteiger partial charge is 0.368 e. The Labute approximate surface area is 116 Å². The first-order valence-electron chi connectivity index (χ1n) is 7.81. The average molecular weight is 268 g/mol. The fourth-order valence-electron chi connectivity index (χ4n) is 2.74. The molecule has 2 aliphatic carbocycles. The molecule has 0 aromatic heterocycles. The Morgan fingerprint density at radius 2 is 1.89 bits per heavy atom. The van der Waals surface area contributed by atoms with Crippen LogP contribution in [-0.2, 0) is 9.53 Å². The maximum absolute atomic E-state index is 11.9. The zero-order valence-corrected chi connectivity index (χ0v) is 12.4. The number of nitrogens with one attached hydrogen (secondary N) is 1. The SMILES string of the molecule is CCCNC1CCC(OCC(=O)N(C)C2CC2)CC1.